The minimum Gasteiger partial charge on any atom is -0.497 e. The van der Waals surface area contributed by atoms with Crippen molar-refractivity contribution in [3.63, 3.8) is 0 Å². The molecule has 1 heterocycles. The molecule has 0 aliphatic rings. The predicted octanol–water partition coefficient (Wildman–Crippen LogP) is 0.253. The third-order valence-electron chi connectivity index (χ3n) is 1.81. The molecule has 0 spiro atoms. The van der Waals surface area contributed by atoms with E-state index in [4.69, 9.17) is 4.74 Å². The molecule has 1 aromatic heterocycles. The zero-order valence-electron chi connectivity index (χ0n) is 7.56. The molecule has 0 atom stereocenters. The Labute approximate surface area is 79.5 Å². The highest BCUT2D eigenvalue weighted by Gasteiger charge is 2.10. The van der Waals surface area contributed by atoms with Gasteiger partial charge in [-0.1, -0.05) is 6.07 Å². The third-order valence-corrected chi connectivity index (χ3v) is 1.81. The molecule has 0 aliphatic heterocycles. The van der Waals surface area contributed by atoms with E-state index in [1.54, 1.807) is 13.2 Å². The van der Waals surface area contributed by atoms with E-state index in [9.17, 15) is 4.79 Å². The quantitative estimate of drug-likeness (QED) is 0.695. The second-order valence-electron chi connectivity index (χ2n) is 2.71. The first-order valence-electron chi connectivity index (χ1n) is 4.04. The van der Waals surface area contributed by atoms with Gasteiger partial charge >= 0.3 is 5.63 Å². The van der Waals surface area contributed by atoms with Crippen molar-refractivity contribution in [2.75, 3.05) is 7.11 Å². The number of benzene rings is 1. The maximum Gasteiger partial charge on any atom is 0.427 e. The molecule has 0 saturated carbocycles. The number of rotatable bonds is 2. The lowest BCUT2D eigenvalue weighted by Gasteiger charge is -1.96. The predicted molar refractivity (Wildman–Crippen MR) is 47.4 cm³/mol. The topological polar surface area (TPSA) is 59.1 Å². The molecule has 2 aromatic rings. The van der Waals surface area contributed by atoms with Gasteiger partial charge in [-0.2, -0.15) is 0 Å². The molecule has 1 aromatic carbocycles. The second kappa shape index (κ2) is 3.37. The second-order valence-corrected chi connectivity index (χ2v) is 2.71. The monoisotopic (exact) mass is 193 g/mol. The van der Waals surface area contributed by atoms with Crippen molar-refractivity contribution >= 4 is 0 Å². The van der Waals surface area contributed by atoms with Crippen LogP contribution in [0.1, 0.15) is 0 Å². The van der Waals surface area contributed by atoms with E-state index in [-0.39, 0.29) is 0 Å². The number of hydrogen-bond donors (Lipinski definition) is 1. The molecule has 0 radical (unpaired) electrons. The van der Waals surface area contributed by atoms with E-state index in [2.05, 4.69) is 9.79 Å². The Hall–Kier alpha value is -2.04. The first-order chi connectivity index (χ1) is 6.79. The van der Waals surface area contributed by atoms with Crippen LogP contribution in [0.25, 0.3) is 5.69 Å². The van der Waals surface area contributed by atoms with Gasteiger partial charge in [-0.15, -0.1) is 0 Å². The summed E-state index contributed by atoms with van der Waals surface area (Å²) in [5.41, 5.74) is 0.350. The van der Waals surface area contributed by atoms with Crippen molar-refractivity contribution in [1.29, 1.82) is 0 Å². The Morgan fingerprint density at radius 3 is 3.00 bits per heavy atom. The molecule has 5 heteroatoms. The molecule has 0 saturated heterocycles. The Morgan fingerprint density at radius 2 is 2.36 bits per heavy atom. The van der Waals surface area contributed by atoms with E-state index in [1.807, 2.05) is 18.2 Å². The zero-order chi connectivity index (χ0) is 9.97. The number of H-pyrrole nitrogens is 1. The van der Waals surface area contributed by atoms with Crippen molar-refractivity contribution in [3.05, 3.63) is 40.9 Å². The molecule has 14 heavy (non-hydrogen) atoms. The van der Waals surface area contributed by atoms with Crippen LogP contribution in [-0.4, -0.2) is 12.4 Å². The molecule has 1 N–H and O–H groups in total. The summed E-state index contributed by atoms with van der Waals surface area (Å²) >= 11 is 0. The summed E-state index contributed by atoms with van der Waals surface area (Å²) in [7, 11) is 1.59. The van der Waals surface area contributed by atoms with Crippen molar-refractivity contribution in [3.8, 4) is 11.4 Å². The van der Waals surface area contributed by atoms with Gasteiger partial charge in [0.05, 0.1) is 13.2 Å². The first kappa shape index (κ1) is 8.55. The van der Waals surface area contributed by atoms with Gasteiger partial charge in [0.2, 0.25) is 5.69 Å². The van der Waals surface area contributed by atoms with Gasteiger partial charge in [0, 0.05) is 6.07 Å². The van der Waals surface area contributed by atoms with Crippen LogP contribution in [-0.2, 0) is 0 Å². The third kappa shape index (κ3) is 1.52. The van der Waals surface area contributed by atoms with Gasteiger partial charge in [0.25, 0.3) is 6.20 Å². The van der Waals surface area contributed by atoms with E-state index in [0.717, 1.165) is 11.4 Å². The van der Waals surface area contributed by atoms with Crippen LogP contribution in [0.15, 0.2) is 39.8 Å². The summed E-state index contributed by atoms with van der Waals surface area (Å²) in [6, 6.07) is 7.26. The van der Waals surface area contributed by atoms with Crippen LogP contribution in [0.5, 0.6) is 5.75 Å². The van der Waals surface area contributed by atoms with E-state index in [0.29, 0.717) is 0 Å². The van der Waals surface area contributed by atoms with Crippen molar-refractivity contribution < 1.29 is 13.9 Å². The van der Waals surface area contributed by atoms with E-state index in [1.165, 1.54) is 10.9 Å². The van der Waals surface area contributed by atoms with Crippen LogP contribution >= 0.6 is 0 Å². The van der Waals surface area contributed by atoms with Gasteiger partial charge < -0.3 is 4.74 Å². The number of hydrogen-bond acceptors (Lipinski definition) is 3. The van der Waals surface area contributed by atoms with Crippen molar-refractivity contribution in [2.45, 2.75) is 0 Å². The minimum atomic E-state index is -0.423. The maximum absolute atomic E-state index is 10.8. The largest absolute Gasteiger partial charge is 0.497 e. The lowest BCUT2D eigenvalue weighted by Crippen LogP contribution is -2.32. The fourth-order valence-corrected chi connectivity index (χ4v) is 1.14. The maximum atomic E-state index is 10.8. The van der Waals surface area contributed by atoms with Crippen molar-refractivity contribution in [2.24, 2.45) is 0 Å². The molecule has 0 bridgehead atoms. The minimum absolute atomic E-state index is 0.423. The lowest BCUT2D eigenvalue weighted by molar-refractivity contribution is -0.670. The van der Waals surface area contributed by atoms with Crippen LogP contribution in [0, 0.1) is 0 Å². The average Bonchev–Trinajstić information content (AvgIpc) is 2.65. The normalized spacial score (nSPS) is 10.1. The molecular weight excluding hydrogens is 184 g/mol. The number of methoxy groups -OCH3 is 1. The Morgan fingerprint density at radius 1 is 1.50 bits per heavy atom. The summed E-state index contributed by atoms with van der Waals surface area (Å²) in [5.74, 6) is 0.719. The fourth-order valence-electron chi connectivity index (χ4n) is 1.14. The van der Waals surface area contributed by atoms with Gasteiger partial charge in [-0.3, -0.25) is 4.52 Å². The molecule has 0 amide bonds. The number of aromatic nitrogens is 2. The van der Waals surface area contributed by atoms with Gasteiger partial charge in [0.1, 0.15) is 5.75 Å². The van der Waals surface area contributed by atoms with Crippen LogP contribution in [0.2, 0.25) is 0 Å². The van der Waals surface area contributed by atoms with Crippen LogP contribution in [0.4, 0.5) is 0 Å². The summed E-state index contributed by atoms with van der Waals surface area (Å²) in [6.45, 7) is 0. The fraction of sp³-hybridized carbons (Fsp3) is 0.111. The highest BCUT2D eigenvalue weighted by atomic mass is 16.5. The Bertz CT molecular complexity index is 487. The Kier molecular flexibility index (Phi) is 2.06. The number of nitrogens with one attached hydrogen (secondary N) is 1. The molecule has 72 valence electrons. The number of aromatic amines is 1. The molecule has 0 aliphatic carbocycles. The number of nitrogens with zero attached hydrogens (tertiary/aromatic N) is 1. The van der Waals surface area contributed by atoms with Crippen LogP contribution in [0.3, 0.4) is 0 Å². The Balaban J connectivity index is 2.46. The molecule has 0 unspecified atom stereocenters. The standard InChI is InChI=1S/C9H8N2O3/c1-13-8-4-2-3-7(5-8)11-6-9(12)14-10-11/h2-6H,1H3/p+1. The smallest absolute Gasteiger partial charge is 0.427 e. The van der Waals surface area contributed by atoms with Crippen molar-refractivity contribution in [1.82, 2.24) is 5.27 Å². The SMILES string of the molecule is COc1cccc(-[n+]2cc(=O)o[nH]2)c1. The molecule has 2 rings (SSSR count). The lowest BCUT2D eigenvalue weighted by atomic mass is 10.3. The summed E-state index contributed by atoms with van der Waals surface area (Å²) in [4.78, 5) is 10.8. The molecule has 0 fully saturated rings. The van der Waals surface area contributed by atoms with Gasteiger partial charge in [0.15, 0.2) is 0 Å². The van der Waals surface area contributed by atoms with E-state index >= 15 is 0 Å². The zero-order valence-corrected chi connectivity index (χ0v) is 7.56. The first-order valence-corrected chi connectivity index (χ1v) is 4.04. The summed E-state index contributed by atoms with van der Waals surface area (Å²) in [6.07, 6.45) is 1.31. The van der Waals surface area contributed by atoms with Gasteiger partial charge in [-0.25, -0.2) is 4.79 Å². The highest BCUT2D eigenvalue weighted by Crippen LogP contribution is 2.11. The summed E-state index contributed by atoms with van der Waals surface area (Å²) < 4.78 is 11.1. The molecular formula is C9H9N2O3+. The van der Waals surface area contributed by atoms with E-state index < -0.39 is 5.63 Å². The number of ether oxygens (including phenoxy) is 1. The molecule has 5 nitrogen and oxygen atoms in total. The average molecular weight is 193 g/mol. The highest BCUT2D eigenvalue weighted by molar-refractivity contribution is 5.32. The van der Waals surface area contributed by atoms with Gasteiger partial charge in [-0.05, 0) is 16.0 Å². The summed E-state index contributed by atoms with van der Waals surface area (Å²) in [5, 5.41) is 2.45. The van der Waals surface area contributed by atoms with Crippen LogP contribution < -0.4 is 15.0 Å².